The zero-order chi connectivity index (χ0) is 34.4. The lowest BCUT2D eigenvalue weighted by molar-refractivity contribution is -0.178. The highest BCUT2D eigenvalue weighted by atomic mass is 16.6. The Labute approximate surface area is 277 Å². The number of unbranched alkanes of at least 4 members (excludes halogenated alkanes) is 17. The van der Waals surface area contributed by atoms with Crippen LogP contribution in [0.3, 0.4) is 0 Å². The standard InChI is InChI=1S/C36H64O10/c1-3-5-7-9-11-13-14-15-16-17-18-20-22-24-26-30(34(42)46-36(44)32(40)28-38)29(33(41)45-35(43)31(39)27-37)25-23-21-19-12-10-8-6-4-2/h15-16,29-32,37-40H,3-14,17-28H2,1-2H3/b16-15-. The van der Waals surface area contributed by atoms with Gasteiger partial charge in [-0.1, -0.05) is 129 Å². The molecule has 0 rings (SSSR count). The van der Waals surface area contributed by atoms with Crippen molar-refractivity contribution in [3.05, 3.63) is 12.2 Å². The number of aliphatic hydroxyl groups excluding tert-OH is 4. The molecule has 0 radical (unpaired) electrons. The van der Waals surface area contributed by atoms with Gasteiger partial charge in [0.05, 0.1) is 25.0 Å². The van der Waals surface area contributed by atoms with Crippen LogP contribution in [-0.4, -0.2) is 69.7 Å². The fourth-order valence-electron chi connectivity index (χ4n) is 5.36. The molecule has 0 aromatic heterocycles. The first-order chi connectivity index (χ1) is 22.2. The van der Waals surface area contributed by atoms with Crippen molar-refractivity contribution in [1.29, 1.82) is 0 Å². The van der Waals surface area contributed by atoms with Crippen LogP contribution in [-0.2, 0) is 28.7 Å². The van der Waals surface area contributed by atoms with Crippen molar-refractivity contribution in [1.82, 2.24) is 0 Å². The number of esters is 4. The summed E-state index contributed by atoms with van der Waals surface area (Å²) in [6.45, 7) is 2.51. The molecule has 4 unspecified atom stereocenters. The summed E-state index contributed by atoms with van der Waals surface area (Å²) in [7, 11) is 0. The summed E-state index contributed by atoms with van der Waals surface area (Å²) < 4.78 is 9.68. The van der Waals surface area contributed by atoms with Gasteiger partial charge in [0.15, 0.2) is 12.2 Å². The van der Waals surface area contributed by atoms with E-state index in [1.807, 2.05) is 0 Å². The van der Waals surface area contributed by atoms with Crippen LogP contribution in [0.5, 0.6) is 0 Å². The van der Waals surface area contributed by atoms with Crippen LogP contribution in [0.2, 0.25) is 0 Å². The Morgan fingerprint density at radius 2 is 0.783 bits per heavy atom. The van der Waals surface area contributed by atoms with E-state index >= 15 is 0 Å². The Bertz CT molecular complexity index is 828. The molecule has 4 atom stereocenters. The van der Waals surface area contributed by atoms with Gasteiger partial charge in [-0.25, -0.2) is 9.59 Å². The van der Waals surface area contributed by atoms with E-state index in [1.165, 1.54) is 44.9 Å². The van der Waals surface area contributed by atoms with Crippen molar-refractivity contribution in [3.8, 4) is 0 Å². The third-order valence-corrected chi connectivity index (χ3v) is 8.28. The van der Waals surface area contributed by atoms with E-state index in [9.17, 15) is 29.4 Å². The van der Waals surface area contributed by atoms with Gasteiger partial charge >= 0.3 is 23.9 Å². The van der Waals surface area contributed by atoms with Gasteiger partial charge in [-0.05, 0) is 38.5 Å². The lowest BCUT2D eigenvalue weighted by Crippen LogP contribution is -2.38. The second kappa shape index (κ2) is 30.2. The molecule has 0 aromatic rings. The van der Waals surface area contributed by atoms with Crippen LogP contribution in [0.15, 0.2) is 12.2 Å². The highest BCUT2D eigenvalue weighted by Crippen LogP contribution is 2.28. The minimum atomic E-state index is -1.90. The van der Waals surface area contributed by atoms with Crippen molar-refractivity contribution in [2.75, 3.05) is 13.2 Å². The van der Waals surface area contributed by atoms with Crippen LogP contribution in [0, 0.1) is 11.8 Å². The summed E-state index contributed by atoms with van der Waals surface area (Å²) in [5, 5.41) is 37.4. The summed E-state index contributed by atoms with van der Waals surface area (Å²) >= 11 is 0. The van der Waals surface area contributed by atoms with Gasteiger partial charge in [0, 0.05) is 0 Å². The van der Waals surface area contributed by atoms with Gasteiger partial charge < -0.3 is 29.9 Å². The van der Waals surface area contributed by atoms with Crippen molar-refractivity contribution < 1.29 is 49.1 Å². The van der Waals surface area contributed by atoms with Crippen molar-refractivity contribution >= 4 is 23.9 Å². The molecule has 0 spiro atoms. The summed E-state index contributed by atoms with van der Waals surface area (Å²) in [4.78, 5) is 50.5. The zero-order valence-electron chi connectivity index (χ0n) is 28.7. The number of rotatable bonds is 30. The van der Waals surface area contributed by atoms with Crippen LogP contribution in [0.4, 0.5) is 0 Å². The third-order valence-electron chi connectivity index (χ3n) is 8.28. The molecule has 4 N–H and O–H groups in total. The monoisotopic (exact) mass is 656 g/mol. The molecule has 0 bridgehead atoms. The van der Waals surface area contributed by atoms with Crippen LogP contribution < -0.4 is 0 Å². The van der Waals surface area contributed by atoms with Crippen molar-refractivity contribution in [2.24, 2.45) is 11.8 Å². The Morgan fingerprint density at radius 1 is 0.478 bits per heavy atom. The number of carbonyl (C=O) groups is 4. The molecule has 0 aliphatic heterocycles. The molecule has 268 valence electrons. The van der Waals surface area contributed by atoms with Gasteiger partial charge in [-0.15, -0.1) is 0 Å². The molecule has 0 aliphatic carbocycles. The number of allylic oxidation sites excluding steroid dienone is 2. The molecule has 0 heterocycles. The number of aliphatic hydroxyl groups is 4. The van der Waals surface area contributed by atoms with Crippen molar-refractivity contribution in [3.63, 3.8) is 0 Å². The van der Waals surface area contributed by atoms with Crippen LogP contribution >= 0.6 is 0 Å². The van der Waals surface area contributed by atoms with Gasteiger partial charge in [0.25, 0.3) is 0 Å². The van der Waals surface area contributed by atoms with Crippen LogP contribution in [0.1, 0.15) is 155 Å². The highest BCUT2D eigenvalue weighted by molar-refractivity contribution is 5.94. The highest BCUT2D eigenvalue weighted by Gasteiger charge is 2.38. The molecular formula is C36H64O10. The van der Waals surface area contributed by atoms with Gasteiger partial charge in [0.1, 0.15) is 0 Å². The summed E-state index contributed by atoms with van der Waals surface area (Å²) in [6, 6.07) is 0. The van der Waals surface area contributed by atoms with Gasteiger partial charge in [0.2, 0.25) is 0 Å². The Kier molecular flexibility index (Phi) is 28.8. The minimum absolute atomic E-state index is 0.183. The second-order valence-electron chi connectivity index (χ2n) is 12.4. The van der Waals surface area contributed by atoms with E-state index < -0.39 is 61.1 Å². The summed E-state index contributed by atoms with van der Waals surface area (Å²) in [6.07, 6.45) is 21.9. The molecular weight excluding hydrogens is 592 g/mol. The molecule has 0 aromatic carbocycles. The molecule has 46 heavy (non-hydrogen) atoms. The maximum atomic E-state index is 13.2. The van der Waals surface area contributed by atoms with Crippen molar-refractivity contribution in [2.45, 2.75) is 167 Å². The average molecular weight is 657 g/mol. The molecule has 10 nitrogen and oxygen atoms in total. The molecule has 10 heteroatoms. The number of hydrogen-bond donors (Lipinski definition) is 4. The summed E-state index contributed by atoms with van der Waals surface area (Å²) in [5.41, 5.74) is 0. The second-order valence-corrected chi connectivity index (χ2v) is 12.4. The SMILES string of the molecule is CCCCCCCC/C=C\CCCCCCC(C(=O)OC(=O)C(O)CO)C(CCCCCCCCCC)C(=O)OC(=O)C(O)CO. The quantitative estimate of drug-likeness (QED) is 0.0300. The first-order valence-electron chi connectivity index (χ1n) is 18.0. The lowest BCUT2D eigenvalue weighted by Gasteiger charge is -2.24. The van der Waals surface area contributed by atoms with E-state index in [4.69, 9.17) is 19.7 Å². The molecule has 0 saturated heterocycles. The smallest absolute Gasteiger partial charge is 0.345 e. The normalized spacial score (nSPS) is 14.1. The minimum Gasteiger partial charge on any atom is -0.393 e. The molecule has 0 amide bonds. The third kappa shape index (κ3) is 22.4. The maximum Gasteiger partial charge on any atom is 0.345 e. The van der Waals surface area contributed by atoms with Gasteiger partial charge in [-0.3, -0.25) is 9.59 Å². The Hall–Kier alpha value is -2.14. The fraction of sp³-hybridized carbons (Fsp3) is 0.833. The van der Waals surface area contributed by atoms with E-state index in [0.717, 1.165) is 70.6 Å². The van der Waals surface area contributed by atoms with Crippen LogP contribution in [0.25, 0.3) is 0 Å². The fourth-order valence-corrected chi connectivity index (χ4v) is 5.36. The topological polar surface area (TPSA) is 168 Å². The van der Waals surface area contributed by atoms with E-state index in [-0.39, 0.29) is 12.8 Å². The van der Waals surface area contributed by atoms with Gasteiger partial charge in [-0.2, -0.15) is 0 Å². The molecule has 0 fully saturated rings. The predicted octanol–water partition coefficient (Wildman–Crippen LogP) is 6.24. The van der Waals surface area contributed by atoms with E-state index in [1.54, 1.807) is 0 Å². The zero-order valence-corrected chi connectivity index (χ0v) is 28.7. The number of carbonyl (C=O) groups excluding carboxylic acids is 4. The first-order valence-corrected chi connectivity index (χ1v) is 18.0. The molecule has 0 saturated carbocycles. The Morgan fingerprint density at radius 3 is 1.11 bits per heavy atom. The summed E-state index contributed by atoms with van der Waals surface area (Å²) in [5.74, 6) is -6.98. The maximum absolute atomic E-state index is 13.2. The predicted molar refractivity (Wildman–Crippen MR) is 177 cm³/mol. The Balaban J connectivity index is 5.24. The molecule has 0 aliphatic rings. The van der Waals surface area contributed by atoms with E-state index in [0.29, 0.717) is 12.8 Å². The largest absolute Gasteiger partial charge is 0.393 e. The number of hydrogen-bond acceptors (Lipinski definition) is 10. The van der Waals surface area contributed by atoms with E-state index in [2.05, 4.69) is 26.0 Å². The lowest BCUT2D eigenvalue weighted by atomic mass is 9.83. The average Bonchev–Trinajstić information content (AvgIpc) is 3.05. The first kappa shape index (κ1) is 43.9. The number of ether oxygens (including phenoxy) is 2.